The average molecular weight is 391 g/mol. The molecule has 2 aromatic rings. The highest BCUT2D eigenvalue weighted by Crippen LogP contribution is 2.29. The summed E-state index contributed by atoms with van der Waals surface area (Å²) < 4.78 is 14.7. The number of halogens is 3. The Balaban J connectivity index is 2.49. The van der Waals surface area contributed by atoms with Crippen LogP contribution in [0.5, 0.6) is 0 Å². The minimum absolute atomic E-state index is 0.241. The van der Waals surface area contributed by atoms with E-state index in [1.807, 2.05) is 24.3 Å². The number of benzene rings is 2. The molecule has 0 aliphatic carbocycles. The number of nitrogens with two attached hydrogens (primary N) is 1. The fraction of sp³-hybridized carbons (Fsp3) is 0.143. The van der Waals surface area contributed by atoms with E-state index in [0.717, 1.165) is 14.7 Å². The Hall–Kier alpha value is -0.690. The molecule has 2 rings (SSSR count). The van der Waals surface area contributed by atoms with Crippen LogP contribution in [0.15, 0.2) is 36.4 Å². The molecular formula is C14H13ClFIN2. The van der Waals surface area contributed by atoms with Crippen LogP contribution >= 0.6 is 34.2 Å². The van der Waals surface area contributed by atoms with Crippen molar-refractivity contribution in [3.05, 3.63) is 67.5 Å². The van der Waals surface area contributed by atoms with E-state index in [2.05, 4.69) is 28.0 Å². The molecule has 2 aromatic carbocycles. The lowest BCUT2D eigenvalue weighted by Crippen LogP contribution is -2.29. The zero-order valence-electron chi connectivity index (χ0n) is 10.3. The highest BCUT2D eigenvalue weighted by molar-refractivity contribution is 14.1. The van der Waals surface area contributed by atoms with E-state index in [0.29, 0.717) is 10.6 Å². The largest absolute Gasteiger partial charge is 0.271 e. The van der Waals surface area contributed by atoms with Crippen LogP contribution in [-0.2, 0) is 0 Å². The highest BCUT2D eigenvalue weighted by Gasteiger charge is 2.16. The van der Waals surface area contributed by atoms with E-state index >= 15 is 0 Å². The third-order valence-corrected chi connectivity index (χ3v) is 4.18. The first-order valence-corrected chi connectivity index (χ1v) is 7.15. The second-order valence-corrected chi connectivity index (χ2v) is 5.87. The average Bonchev–Trinajstić information content (AvgIpc) is 2.38. The summed E-state index contributed by atoms with van der Waals surface area (Å²) in [4.78, 5) is 0. The first kappa shape index (κ1) is 14.7. The third kappa shape index (κ3) is 3.25. The highest BCUT2D eigenvalue weighted by atomic mass is 127. The molecule has 0 aromatic heterocycles. The molecule has 2 nitrogen and oxygen atoms in total. The van der Waals surface area contributed by atoms with E-state index in [1.165, 1.54) is 6.07 Å². The third-order valence-electron chi connectivity index (χ3n) is 2.96. The molecule has 19 heavy (non-hydrogen) atoms. The SMILES string of the molecule is Cc1ccc(C(NN)c2cc(Cl)ccc2I)cc1F. The lowest BCUT2D eigenvalue weighted by atomic mass is 9.98. The van der Waals surface area contributed by atoms with Crippen LogP contribution in [-0.4, -0.2) is 0 Å². The lowest BCUT2D eigenvalue weighted by molar-refractivity contribution is 0.598. The summed E-state index contributed by atoms with van der Waals surface area (Å²) in [6.07, 6.45) is 0. The second kappa shape index (κ2) is 6.17. The van der Waals surface area contributed by atoms with Crippen LogP contribution in [0.4, 0.5) is 4.39 Å². The Labute approximate surface area is 130 Å². The maximum absolute atomic E-state index is 13.7. The van der Waals surface area contributed by atoms with Crippen LogP contribution in [0.3, 0.4) is 0 Å². The minimum Gasteiger partial charge on any atom is -0.271 e. The molecule has 0 saturated carbocycles. The first-order chi connectivity index (χ1) is 9.02. The smallest absolute Gasteiger partial charge is 0.126 e. The molecule has 0 aliphatic rings. The van der Waals surface area contributed by atoms with Crippen molar-refractivity contribution in [3.8, 4) is 0 Å². The molecule has 5 heteroatoms. The summed E-state index contributed by atoms with van der Waals surface area (Å²) in [5, 5.41) is 0.628. The Morgan fingerprint density at radius 1 is 1.26 bits per heavy atom. The van der Waals surface area contributed by atoms with Crippen molar-refractivity contribution in [2.75, 3.05) is 0 Å². The van der Waals surface area contributed by atoms with Gasteiger partial charge in [0.2, 0.25) is 0 Å². The molecule has 0 spiro atoms. The van der Waals surface area contributed by atoms with Crippen molar-refractivity contribution in [1.82, 2.24) is 5.43 Å². The zero-order chi connectivity index (χ0) is 14.0. The fourth-order valence-electron chi connectivity index (χ4n) is 1.89. The van der Waals surface area contributed by atoms with Crippen molar-refractivity contribution in [3.63, 3.8) is 0 Å². The van der Waals surface area contributed by atoms with Gasteiger partial charge in [-0.05, 0) is 70.5 Å². The fourth-order valence-corrected chi connectivity index (χ4v) is 2.72. The van der Waals surface area contributed by atoms with Gasteiger partial charge in [-0.1, -0.05) is 23.7 Å². The number of rotatable bonds is 3. The van der Waals surface area contributed by atoms with Gasteiger partial charge in [0, 0.05) is 8.59 Å². The van der Waals surface area contributed by atoms with Gasteiger partial charge in [0.25, 0.3) is 0 Å². The molecule has 0 amide bonds. The second-order valence-electron chi connectivity index (χ2n) is 4.27. The Morgan fingerprint density at radius 3 is 2.63 bits per heavy atom. The quantitative estimate of drug-likeness (QED) is 0.473. The predicted octanol–water partition coefficient (Wildman–Crippen LogP) is 3.94. The topological polar surface area (TPSA) is 38.0 Å². The molecule has 1 unspecified atom stereocenters. The standard InChI is InChI=1S/C14H13ClFIN2/c1-8-2-3-9(6-12(8)16)14(19-18)11-7-10(15)4-5-13(11)17/h2-7,14,19H,18H2,1H3. The van der Waals surface area contributed by atoms with Gasteiger partial charge in [-0.3, -0.25) is 5.84 Å². The van der Waals surface area contributed by atoms with Crippen molar-refractivity contribution in [2.45, 2.75) is 13.0 Å². The van der Waals surface area contributed by atoms with Gasteiger partial charge in [-0.2, -0.15) is 0 Å². The van der Waals surface area contributed by atoms with Crippen LogP contribution in [0.1, 0.15) is 22.7 Å². The Morgan fingerprint density at radius 2 is 2.00 bits per heavy atom. The molecule has 3 N–H and O–H groups in total. The maximum atomic E-state index is 13.7. The minimum atomic E-state index is -0.291. The summed E-state index contributed by atoms with van der Waals surface area (Å²) >= 11 is 8.23. The summed E-state index contributed by atoms with van der Waals surface area (Å²) in [6, 6.07) is 10.4. The monoisotopic (exact) mass is 390 g/mol. The van der Waals surface area contributed by atoms with Crippen molar-refractivity contribution >= 4 is 34.2 Å². The Kier molecular flexibility index (Phi) is 4.78. The van der Waals surface area contributed by atoms with Gasteiger partial charge in [0.05, 0.1) is 6.04 Å². The van der Waals surface area contributed by atoms with Crippen molar-refractivity contribution < 1.29 is 4.39 Å². The number of hydrogen-bond acceptors (Lipinski definition) is 2. The summed E-state index contributed by atoms with van der Waals surface area (Å²) in [6.45, 7) is 1.73. The van der Waals surface area contributed by atoms with Crippen LogP contribution in [0.2, 0.25) is 5.02 Å². The van der Waals surface area contributed by atoms with E-state index < -0.39 is 0 Å². The van der Waals surface area contributed by atoms with Gasteiger partial charge >= 0.3 is 0 Å². The summed E-state index contributed by atoms with van der Waals surface area (Å²) in [5.74, 6) is 5.38. The summed E-state index contributed by atoms with van der Waals surface area (Å²) in [7, 11) is 0. The molecule has 0 aliphatic heterocycles. The molecular weight excluding hydrogens is 378 g/mol. The van der Waals surface area contributed by atoms with E-state index in [4.69, 9.17) is 17.4 Å². The Bertz CT molecular complexity index is 604. The molecule has 0 fully saturated rings. The lowest BCUT2D eigenvalue weighted by Gasteiger charge is -2.19. The first-order valence-electron chi connectivity index (χ1n) is 5.70. The zero-order valence-corrected chi connectivity index (χ0v) is 13.2. The van der Waals surface area contributed by atoms with Crippen LogP contribution < -0.4 is 11.3 Å². The normalized spacial score (nSPS) is 12.5. The van der Waals surface area contributed by atoms with Crippen molar-refractivity contribution in [2.24, 2.45) is 5.84 Å². The van der Waals surface area contributed by atoms with Gasteiger partial charge < -0.3 is 0 Å². The van der Waals surface area contributed by atoms with E-state index in [9.17, 15) is 4.39 Å². The van der Waals surface area contributed by atoms with E-state index in [-0.39, 0.29) is 11.9 Å². The van der Waals surface area contributed by atoms with Gasteiger partial charge in [0.15, 0.2) is 0 Å². The van der Waals surface area contributed by atoms with Gasteiger partial charge in [-0.15, -0.1) is 0 Å². The number of hydrogen-bond donors (Lipinski definition) is 2. The van der Waals surface area contributed by atoms with Crippen LogP contribution in [0, 0.1) is 16.3 Å². The molecule has 0 heterocycles. The van der Waals surface area contributed by atoms with Crippen molar-refractivity contribution in [1.29, 1.82) is 0 Å². The molecule has 100 valence electrons. The van der Waals surface area contributed by atoms with E-state index in [1.54, 1.807) is 13.0 Å². The molecule has 0 radical (unpaired) electrons. The molecule has 1 atom stereocenters. The maximum Gasteiger partial charge on any atom is 0.126 e. The number of hydrazine groups is 1. The van der Waals surface area contributed by atoms with Gasteiger partial charge in [-0.25, -0.2) is 9.82 Å². The number of aryl methyl sites for hydroxylation is 1. The number of nitrogens with one attached hydrogen (secondary N) is 1. The predicted molar refractivity (Wildman–Crippen MR) is 84.5 cm³/mol. The molecule has 0 saturated heterocycles. The van der Waals surface area contributed by atoms with Gasteiger partial charge in [0.1, 0.15) is 5.82 Å². The summed E-state index contributed by atoms with van der Waals surface area (Å²) in [5.41, 5.74) is 5.03. The molecule has 0 bridgehead atoms. The van der Waals surface area contributed by atoms with Crippen LogP contribution in [0.25, 0.3) is 0 Å².